The molecule has 2 aliphatic rings. The molecule has 2 fully saturated rings. The number of rotatable bonds is 7. The van der Waals surface area contributed by atoms with Gasteiger partial charge in [0.25, 0.3) is 5.91 Å². The molecule has 0 unspecified atom stereocenters. The van der Waals surface area contributed by atoms with E-state index in [1.807, 2.05) is 12.3 Å². The third-order valence-corrected chi connectivity index (χ3v) is 4.58. The van der Waals surface area contributed by atoms with Crippen molar-refractivity contribution in [2.24, 2.45) is 0 Å². The fourth-order valence-electron chi connectivity index (χ4n) is 2.72. The molecular formula is C15H22BrN3O. The number of hydrogen-bond acceptors (Lipinski definition) is 2. The summed E-state index contributed by atoms with van der Waals surface area (Å²) in [4.78, 5) is 14.7. The van der Waals surface area contributed by atoms with Crippen molar-refractivity contribution in [2.45, 2.75) is 44.7 Å². The molecular weight excluding hydrogens is 318 g/mol. The highest BCUT2D eigenvalue weighted by molar-refractivity contribution is 9.10. The Morgan fingerprint density at radius 2 is 2.20 bits per heavy atom. The summed E-state index contributed by atoms with van der Waals surface area (Å²) in [7, 11) is 0. The van der Waals surface area contributed by atoms with Gasteiger partial charge in [0.2, 0.25) is 0 Å². The van der Waals surface area contributed by atoms with Crippen LogP contribution >= 0.6 is 15.9 Å². The minimum atomic E-state index is 0.0504. The number of carbonyl (C=O) groups is 1. The standard InChI is InChI=1S/C15H22BrN3O/c1-2-18(12-3-4-12)8-7-17-15(20)14-9-11(16)10-19(14)13-5-6-13/h9-10,12-13H,2-8H2,1H3,(H,17,20). The van der Waals surface area contributed by atoms with Crippen molar-refractivity contribution in [1.82, 2.24) is 14.8 Å². The van der Waals surface area contributed by atoms with Crippen LogP contribution in [0.15, 0.2) is 16.7 Å². The zero-order valence-corrected chi connectivity index (χ0v) is 13.5. The fraction of sp³-hybridized carbons (Fsp3) is 0.667. The average Bonchev–Trinajstić information content (AvgIpc) is 3.33. The number of carbonyl (C=O) groups excluding carboxylic acids is 1. The van der Waals surface area contributed by atoms with Gasteiger partial charge in [0.05, 0.1) is 0 Å². The molecule has 0 bridgehead atoms. The number of aromatic nitrogens is 1. The molecule has 0 spiro atoms. The summed E-state index contributed by atoms with van der Waals surface area (Å²) in [5, 5.41) is 3.06. The van der Waals surface area contributed by atoms with Crippen LogP contribution < -0.4 is 5.32 Å². The monoisotopic (exact) mass is 339 g/mol. The van der Waals surface area contributed by atoms with E-state index in [1.54, 1.807) is 0 Å². The first-order valence-electron chi connectivity index (χ1n) is 7.58. The van der Waals surface area contributed by atoms with E-state index in [0.717, 1.165) is 35.8 Å². The van der Waals surface area contributed by atoms with E-state index < -0.39 is 0 Å². The smallest absolute Gasteiger partial charge is 0.268 e. The molecule has 1 amide bonds. The molecule has 5 heteroatoms. The Bertz CT molecular complexity index is 491. The van der Waals surface area contributed by atoms with E-state index in [0.29, 0.717) is 6.04 Å². The van der Waals surface area contributed by atoms with E-state index >= 15 is 0 Å². The van der Waals surface area contributed by atoms with Crippen LogP contribution in [0, 0.1) is 0 Å². The molecule has 20 heavy (non-hydrogen) atoms. The lowest BCUT2D eigenvalue weighted by atomic mass is 10.3. The Kier molecular flexibility index (Phi) is 4.17. The van der Waals surface area contributed by atoms with Gasteiger partial charge in [-0.05, 0) is 54.2 Å². The number of halogens is 1. The summed E-state index contributed by atoms with van der Waals surface area (Å²) < 4.78 is 3.10. The summed E-state index contributed by atoms with van der Waals surface area (Å²) in [5.41, 5.74) is 0.786. The van der Waals surface area contributed by atoms with Gasteiger partial charge in [-0.15, -0.1) is 0 Å². The van der Waals surface area contributed by atoms with Crippen molar-refractivity contribution >= 4 is 21.8 Å². The van der Waals surface area contributed by atoms with Crippen LogP contribution in [0.5, 0.6) is 0 Å². The lowest BCUT2D eigenvalue weighted by Gasteiger charge is -2.19. The fourth-order valence-corrected chi connectivity index (χ4v) is 3.16. The summed E-state index contributed by atoms with van der Waals surface area (Å²) in [6.07, 6.45) is 7.03. The van der Waals surface area contributed by atoms with Crippen molar-refractivity contribution in [3.05, 3.63) is 22.4 Å². The quantitative estimate of drug-likeness (QED) is 0.829. The van der Waals surface area contributed by atoms with Gasteiger partial charge in [-0.25, -0.2) is 0 Å². The molecule has 4 nitrogen and oxygen atoms in total. The minimum Gasteiger partial charge on any atom is -0.349 e. The zero-order chi connectivity index (χ0) is 14.1. The van der Waals surface area contributed by atoms with Gasteiger partial charge in [-0.3, -0.25) is 9.69 Å². The summed E-state index contributed by atoms with van der Waals surface area (Å²) in [6.45, 7) is 4.95. The Balaban J connectivity index is 1.53. The maximum Gasteiger partial charge on any atom is 0.268 e. The predicted molar refractivity (Wildman–Crippen MR) is 83.0 cm³/mol. The lowest BCUT2D eigenvalue weighted by molar-refractivity contribution is 0.0938. The number of likely N-dealkylation sites (N-methyl/N-ethyl adjacent to an activating group) is 1. The normalized spacial score (nSPS) is 18.6. The summed E-state index contributed by atoms with van der Waals surface area (Å²) >= 11 is 3.47. The van der Waals surface area contributed by atoms with Crippen molar-refractivity contribution in [3.63, 3.8) is 0 Å². The Hall–Kier alpha value is -0.810. The number of hydrogen-bond donors (Lipinski definition) is 1. The molecule has 0 atom stereocenters. The zero-order valence-electron chi connectivity index (χ0n) is 11.9. The molecule has 1 aromatic heterocycles. The van der Waals surface area contributed by atoms with E-state index in [-0.39, 0.29) is 5.91 Å². The molecule has 0 aromatic carbocycles. The lowest BCUT2D eigenvalue weighted by Crippen LogP contribution is -2.36. The molecule has 0 radical (unpaired) electrons. The number of amides is 1. The predicted octanol–water partition coefficient (Wildman–Crippen LogP) is 2.80. The first-order valence-corrected chi connectivity index (χ1v) is 8.38. The first-order chi connectivity index (χ1) is 9.69. The Morgan fingerprint density at radius 3 is 2.80 bits per heavy atom. The van der Waals surface area contributed by atoms with E-state index in [2.05, 4.69) is 37.6 Å². The van der Waals surface area contributed by atoms with Crippen molar-refractivity contribution in [2.75, 3.05) is 19.6 Å². The second-order valence-electron chi connectivity index (χ2n) is 5.80. The second kappa shape index (κ2) is 5.90. The Morgan fingerprint density at radius 1 is 1.45 bits per heavy atom. The van der Waals surface area contributed by atoms with Gasteiger partial charge in [-0.1, -0.05) is 6.92 Å². The maximum absolute atomic E-state index is 12.3. The van der Waals surface area contributed by atoms with Crippen LogP contribution in [0.3, 0.4) is 0 Å². The topological polar surface area (TPSA) is 37.3 Å². The van der Waals surface area contributed by atoms with Gasteiger partial charge >= 0.3 is 0 Å². The van der Waals surface area contributed by atoms with Gasteiger partial charge in [0.15, 0.2) is 0 Å². The van der Waals surface area contributed by atoms with Crippen LogP contribution in [-0.4, -0.2) is 41.1 Å². The van der Waals surface area contributed by atoms with E-state index in [1.165, 1.54) is 25.7 Å². The second-order valence-corrected chi connectivity index (χ2v) is 6.71. The van der Waals surface area contributed by atoms with Gasteiger partial charge in [0, 0.05) is 35.8 Å². The minimum absolute atomic E-state index is 0.0504. The highest BCUT2D eigenvalue weighted by Crippen LogP contribution is 2.37. The van der Waals surface area contributed by atoms with Crippen LogP contribution in [0.1, 0.15) is 49.1 Å². The SMILES string of the molecule is CCN(CCNC(=O)c1cc(Br)cn1C1CC1)C1CC1. The van der Waals surface area contributed by atoms with Gasteiger partial charge < -0.3 is 9.88 Å². The highest BCUT2D eigenvalue weighted by atomic mass is 79.9. The van der Waals surface area contributed by atoms with Gasteiger partial charge in [0.1, 0.15) is 5.69 Å². The van der Waals surface area contributed by atoms with Crippen molar-refractivity contribution in [1.29, 1.82) is 0 Å². The van der Waals surface area contributed by atoms with Crippen LogP contribution in [0.25, 0.3) is 0 Å². The maximum atomic E-state index is 12.3. The summed E-state index contributed by atoms with van der Waals surface area (Å²) in [5.74, 6) is 0.0504. The summed E-state index contributed by atoms with van der Waals surface area (Å²) in [6, 6.07) is 3.22. The molecule has 2 aliphatic carbocycles. The largest absolute Gasteiger partial charge is 0.349 e. The van der Waals surface area contributed by atoms with Crippen molar-refractivity contribution < 1.29 is 4.79 Å². The third-order valence-electron chi connectivity index (χ3n) is 4.14. The first kappa shape index (κ1) is 14.1. The average molecular weight is 340 g/mol. The Labute approximate surface area is 128 Å². The molecule has 2 saturated carbocycles. The van der Waals surface area contributed by atoms with Crippen LogP contribution in [0.4, 0.5) is 0 Å². The highest BCUT2D eigenvalue weighted by Gasteiger charge is 2.29. The molecule has 1 heterocycles. The molecule has 0 saturated heterocycles. The third kappa shape index (κ3) is 3.26. The van der Waals surface area contributed by atoms with E-state index in [4.69, 9.17) is 0 Å². The molecule has 1 aromatic rings. The van der Waals surface area contributed by atoms with Crippen LogP contribution in [-0.2, 0) is 0 Å². The van der Waals surface area contributed by atoms with Crippen LogP contribution in [0.2, 0.25) is 0 Å². The van der Waals surface area contributed by atoms with E-state index in [9.17, 15) is 4.79 Å². The number of nitrogens with one attached hydrogen (secondary N) is 1. The molecule has 1 N–H and O–H groups in total. The van der Waals surface area contributed by atoms with Crippen molar-refractivity contribution in [3.8, 4) is 0 Å². The molecule has 3 rings (SSSR count). The number of nitrogens with zero attached hydrogens (tertiary/aromatic N) is 2. The molecule has 0 aliphatic heterocycles. The van der Waals surface area contributed by atoms with Gasteiger partial charge in [-0.2, -0.15) is 0 Å². The molecule has 110 valence electrons.